The lowest BCUT2D eigenvalue weighted by atomic mass is 10.1. The van der Waals surface area contributed by atoms with E-state index in [-0.39, 0.29) is 5.91 Å². The Bertz CT molecular complexity index is 681. The standard InChI is InChI=1S/C18H24ClN3O2/c1-4-22(5-2)12-8-11-20-18(23)16-13(3)24-21-17(16)14-9-6-7-10-15(14)19/h6-7,9-10H,4-5,8,11-12H2,1-3H3,(H,20,23). The molecule has 0 atom stereocenters. The van der Waals surface area contributed by atoms with Crippen molar-refractivity contribution in [1.82, 2.24) is 15.4 Å². The molecule has 1 N–H and O–H groups in total. The summed E-state index contributed by atoms with van der Waals surface area (Å²) in [6, 6.07) is 7.30. The first kappa shape index (κ1) is 18.5. The van der Waals surface area contributed by atoms with Gasteiger partial charge in [0.25, 0.3) is 5.91 Å². The molecule has 0 aliphatic heterocycles. The number of carbonyl (C=O) groups is 1. The SMILES string of the molecule is CCN(CC)CCCNC(=O)c1c(-c2ccccc2Cl)noc1C. The third-order valence-corrected chi connectivity index (χ3v) is 4.38. The van der Waals surface area contributed by atoms with Crippen LogP contribution in [0.5, 0.6) is 0 Å². The summed E-state index contributed by atoms with van der Waals surface area (Å²) in [5, 5.41) is 7.52. The van der Waals surface area contributed by atoms with Gasteiger partial charge >= 0.3 is 0 Å². The van der Waals surface area contributed by atoms with Gasteiger partial charge in [0.15, 0.2) is 0 Å². The van der Waals surface area contributed by atoms with Gasteiger partial charge in [-0.1, -0.05) is 48.8 Å². The largest absolute Gasteiger partial charge is 0.360 e. The van der Waals surface area contributed by atoms with Gasteiger partial charge < -0.3 is 14.7 Å². The normalized spacial score (nSPS) is 11.0. The Morgan fingerprint density at radius 1 is 1.29 bits per heavy atom. The minimum absolute atomic E-state index is 0.178. The maximum absolute atomic E-state index is 12.5. The van der Waals surface area contributed by atoms with Gasteiger partial charge in [-0.3, -0.25) is 4.79 Å². The van der Waals surface area contributed by atoms with Crippen molar-refractivity contribution >= 4 is 17.5 Å². The van der Waals surface area contributed by atoms with Crippen LogP contribution in [-0.2, 0) is 0 Å². The molecule has 1 heterocycles. The van der Waals surface area contributed by atoms with Crippen molar-refractivity contribution in [3.63, 3.8) is 0 Å². The number of amides is 1. The van der Waals surface area contributed by atoms with Crippen molar-refractivity contribution < 1.29 is 9.32 Å². The fraction of sp³-hybridized carbons (Fsp3) is 0.444. The summed E-state index contributed by atoms with van der Waals surface area (Å²) in [4.78, 5) is 14.9. The molecule has 0 spiro atoms. The third kappa shape index (κ3) is 4.36. The molecule has 1 aromatic carbocycles. The van der Waals surface area contributed by atoms with Crippen molar-refractivity contribution in [3.8, 4) is 11.3 Å². The van der Waals surface area contributed by atoms with Crippen LogP contribution in [0.1, 0.15) is 36.4 Å². The average molecular weight is 350 g/mol. The number of aromatic nitrogens is 1. The molecule has 0 radical (unpaired) electrons. The maximum Gasteiger partial charge on any atom is 0.257 e. The van der Waals surface area contributed by atoms with Crippen LogP contribution in [0.15, 0.2) is 28.8 Å². The molecule has 0 bridgehead atoms. The second-order valence-corrected chi connectivity index (χ2v) is 5.99. The first-order valence-corrected chi connectivity index (χ1v) is 8.68. The van der Waals surface area contributed by atoms with E-state index < -0.39 is 0 Å². The molecule has 0 aliphatic rings. The maximum atomic E-state index is 12.5. The summed E-state index contributed by atoms with van der Waals surface area (Å²) in [5.74, 6) is 0.314. The van der Waals surface area contributed by atoms with Gasteiger partial charge in [0.05, 0.1) is 5.02 Å². The van der Waals surface area contributed by atoms with Crippen LogP contribution in [0, 0.1) is 6.92 Å². The zero-order chi connectivity index (χ0) is 17.5. The van der Waals surface area contributed by atoms with Crippen LogP contribution in [0.25, 0.3) is 11.3 Å². The van der Waals surface area contributed by atoms with E-state index in [2.05, 4.69) is 29.2 Å². The van der Waals surface area contributed by atoms with E-state index in [0.717, 1.165) is 26.1 Å². The summed E-state index contributed by atoms with van der Waals surface area (Å²) in [7, 11) is 0. The number of carbonyl (C=O) groups excluding carboxylic acids is 1. The molecule has 1 aromatic heterocycles. The van der Waals surface area contributed by atoms with Crippen molar-refractivity contribution in [2.75, 3.05) is 26.2 Å². The van der Waals surface area contributed by atoms with Crippen LogP contribution >= 0.6 is 11.6 Å². The van der Waals surface area contributed by atoms with E-state index in [0.29, 0.717) is 34.1 Å². The molecular formula is C18H24ClN3O2. The number of hydrogen-bond donors (Lipinski definition) is 1. The molecule has 5 nitrogen and oxygen atoms in total. The second kappa shape index (κ2) is 8.85. The number of benzene rings is 1. The van der Waals surface area contributed by atoms with Crippen molar-refractivity contribution in [3.05, 3.63) is 40.6 Å². The molecule has 6 heteroatoms. The van der Waals surface area contributed by atoms with E-state index in [9.17, 15) is 4.79 Å². The highest BCUT2D eigenvalue weighted by Crippen LogP contribution is 2.30. The van der Waals surface area contributed by atoms with Crippen LogP contribution in [0.2, 0.25) is 5.02 Å². The number of halogens is 1. The highest BCUT2D eigenvalue weighted by atomic mass is 35.5. The summed E-state index contributed by atoms with van der Waals surface area (Å²) in [5.41, 5.74) is 1.63. The van der Waals surface area contributed by atoms with Crippen molar-refractivity contribution in [1.29, 1.82) is 0 Å². The zero-order valence-electron chi connectivity index (χ0n) is 14.4. The Labute approximate surface area is 148 Å². The van der Waals surface area contributed by atoms with E-state index in [4.69, 9.17) is 16.1 Å². The lowest BCUT2D eigenvalue weighted by Crippen LogP contribution is -2.30. The Kier molecular flexibility index (Phi) is 6.82. The van der Waals surface area contributed by atoms with Gasteiger partial charge in [-0.2, -0.15) is 0 Å². The van der Waals surface area contributed by atoms with E-state index in [1.807, 2.05) is 18.2 Å². The number of rotatable bonds is 8. The Balaban J connectivity index is 2.05. The van der Waals surface area contributed by atoms with Gasteiger partial charge in [-0.15, -0.1) is 0 Å². The van der Waals surface area contributed by atoms with Gasteiger partial charge in [0.2, 0.25) is 0 Å². The van der Waals surface area contributed by atoms with Crippen LogP contribution < -0.4 is 5.32 Å². The predicted octanol–water partition coefficient (Wildman–Crippen LogP) is 3.77. The first-order chi connectivity index (χ1) is 11.6. The molecule has 0 saturated carbocycles. The zero-order valence-corrected chi connectivity index (χ0v) is 15.2. The van der Waals surface area contributed by atoms with Crippen LogP contribution in [0.4, 0.5) is 0 Å². The topological polar surface area (TPSA) is 58.4 Å². The number of aryl methyl sites for hydroxylation is 1. The van der Waals surface area contributed by atoms with Gasteiger partial charge in [-0.05, 0) is 39.0 Å². The van der Waals surface area contributed by atoms with E-state index >= 15 is 0 Å². The van der Waals surface area contributed by atoms with Crippen molar-refractivity contribution in [2.45, 2.75) is 27.2 Å². The Hall–Kier alpha value is -1.85. The highest BCUT2D eigenvalue weighted by Gasteiger charge is 2.22. The molecule has 1 amide bonds. The summed E-state index contributed by atoms with van der Waals surface area (Å²) in [6.07, 6.45) is 0.902. The molecule has 24 heavy (non-hydrogen) atoms. The first-order valence-electron chi connectivity index (χ1n) is 8.30. The monoisotopic (exact) mass is 349 g/mol. The minimum atomic E-state index is -0.178. The molecule has 0 saturated heterocycles. The van der Waals surface area contributed by atoms with Gasteiger partial charge in [0, 0.05) is 12.1 Å². The number of nitrogens with one attached hydrogen (secondary N) is 1. The molecule has 0 aliphatic carbocycles. The fourth-order valence-electron chi connectivity index (χ4n) is 2.61. The third-order valence-electron chi connectivity index (χ3n) is 4.05. The molecule has 2 rings (SSSR count). The molecular weight excluding hydrogens is 326 g/mol. The molecule has 0 fully saturated rings. The lowest BCUT2D eigenvalue weighted by molar-refractivity contribution is 0.0951. The summed E-state index contributed by atoms with van der Waals surface area (Å²) in [6.45, 7) is 9.63. The lowest BCUT2D eigenvalue weighted by Gasteiger charge is -2.17. The smallest absolute Gasteiger partial charge is 0.257 e. The van der Waals surface area contributed by atoms with E-state index in [1.165, 1.54) is 0 Å². The molecule has 2 aromatic rings. The van der Waals surface area contributed by atoms with Crippen LogP contribution in [0.3, 0.4) is 0 Å². The summed E-state index contributed by atoms with van der Waals surface area (Å²) < 4.78 is 5.23. The number of nitrogens with zero attached hydrogens (tertiary/aromatic N) is 2. The fourth-order valence-corrected chi connectivity index (χ4v) is 2.83. The minimum Gasteiger partial charge on any atom is -0.360 e. The number of hydrogen-bond acceptors (Lipinski definition) is 4. The highest BCUT2D eigenvalue weighted by molar-refractivity contribution is 6.33. The van der Waals surface area contributed by atoms with Gasteiger partial charge in [0.1, 0.15) is 17.0 Å². The average Bonchev–Trinajstić information content (AvgIpc) is 2.97. The summed E-state index contributed by atoms with van der Waals surface area (Å²) >= 11 is 6.22. The van der Waals surface area contributed by atoms with Gasteiger partial charge in [-0.25, -0.2) is 0 Å². The predicted molar refractivity (Wildman–Crippen MR) is 96.4 cm³/mol. The Morgan fingerprint density at radius 3 is 2.67 bits per heavy atom. The molecule has 0 unspecified atom stereocenters. The Morgan fingerprint density at radius 2 is 2.00 bits per heavy atom. The van der Waals surface area contributed by atoms with E-state index in [1.54, 1.807) is 13.0 Å². The molecule has 130 valence electrons. The van der Waals surface area contributed by atoms with Crippen molar-refractivity contribution in [2.24, 2.45) is 0 Å². The quantitative estimate of drug-likeness (QED) is 0.737. The second-order valence-electron chi connectivity index (χ2n) is 5.58. The van der Waals surface area contributed by atoms with Crippen LogP contribution in [-0.4, -0.2) is 42.1 Å².